The Bertz CT molecular complexity index is 896. The van der Waals surface area contributed by atoms with E-state index >= 15 is 0 Å². The summed E-state index contributed by atoms with van der Waals surface area (Å²) in [6, 6.07) is 7.41. The van der Waals surface area contributed by atoms with E-state index in [4.69, 9.17) is 0 Å². The van der Waals surface area contributed by atoms with Gasteiger partial charge in [-0.2, -0.15) is 8.42 Å². The van der Waals surface area contributed by atoms with E-state index in [1.54, 1.807) is 6.07 Å². The molecule has 0 fully saturated rings. The first-order valence-electron chi connectivity index (χ1n) is 13.9. The van der Waals surface area contributed by atoms with Crippen molar-refractivity contribution in [2.24, 2.45) is 0 Å². The summed E-state index contributed by atoms with van der Waals surface area (Å²) < 4.78 is 33.4. The zero-order valence-corrected chi connectivity index (χ0v) is 23.1. The summed E-state index contributed by atoms with van der Waals surface area (Å²) in [6.07, 6.45) is 20.6. The fourth-order valence-electron chi connectivity index (χ4n) is 4.40. The van der Waals surface area contributed by atoms with Gasteiger partial charge in [0.1, 0.15) is 5.25 Å². The second-order valence-electron chi connectivity index (χ2n) is 9.70. The molecular formula is C31H48O3S. The summed E-state index contributed by atoms with van der Waals surface area (Å²) in [5.74, 6) is 12.3. The number of hydrogen-bond donors (Lipinski definition) is 1. The molecule has 0 aliphatic carbocycles. The highest BCUT2D eigenvalue weighted by molar-refractivity contribution is 7.86. The summed E-state index contributed by atoms with van der Waals surface area (Å²) in [7, 11) is -4.09. The van der Waals surface area contributed by atoms with Gasteiger partial charge in [-0.3, -0.25) is 4.55 Å². The van der Waals surface area contributed by atoms with E-state index in [0.717, 1.165) is 50.5 Å². The number of benzene rings is 1. The van der Waals surface area contributed by atoms with Crippen molar-refractivity contribution in [1.29, 1.82) is 0 Å². The van der Waals surface area contributed by atoms with Crippen LogP contribution in [0.1, 0.15) is 139 Å². The van der Waals surface area contributed by atoms with Crippen LogP contribution < -0.4 is 0 Å². The maximum atomic E-state index is 11.9. The monoisotopic (exact) mass is 500 g/mol. The second-order valence-corrected chi connectivity index (χ2v) is 11.3. The Morgan fingerprint density at radius 2 is 1.17 bits per heavy atom. The molecular weight excluding hydrogens is 452 g/mol. The Hall–Kier alpha value is -1.75. The minimum Gasteiger partial charge on any atom is -0.285 e. The quantitative estimate of drug-likeness (QED) is 0.117. The lowest BCUT2D eigenvalue weighted by Gasteiger charge is -2.16. The fraction of sp³-hybridized carbons (Fsp3) is 0.677. The zero-order valence-electron chi connectivity index (χ0n) is 22.3. The van der Waals surface area contributed by atoms with Gasteiger partial charge in [-0.05, 0) is 49.2 Å². The van der Waals surface area contributed by atoms with E-state index in [2.05, 4.69) is 30.6 Å². The van der Waals surface area contributed by atoms with Crippen molar-refractivity contribution in [2.45, 2.75) is 135 Å². The molecule has 0 heterocycles. The molecule has 1 unspecified atom stereocenters. The molecule has 0 radical (unpaired) electrons. The molecule has 1 N–H and O–H groups in total. The lowest BCUT2D eigenvalue weighted by molar-refractivity contribution is 0.458. The van der Waals surface area contributed by atoms with Crippen LogP contribution in [0.25, 0.3) is 0 Å². The van der Waals surface area contributed by atoms with Crippen LogP contribution in [0.4, 0.5) is 0 Å². The number of aryl methyl sites for hydroxylation is 1. The van der Waals surface area contributed by atoms with Crippen LogP contribution in [0.5, 0.6) is 0 Å². The predicted molar refractivity (Wildman–Crippen MR) is 150 cm³/mol. The molecule has 0 aromatic heterocycles. The molecule has 4 heteroatoms. The smallest absolute Gasteiger partial charge is 0.271 e. The molecule has 0 saturated carbocycles. The minimum atomic E-state index is -4.09. The lowest BCUT2D eigenvalue weighted by atomic mass is 10.0. The van der Waals surface area contributed by atoms with Crippen LogP contribution in [0.3, 0.4) is 0 Å². The standard InChI is InChI=1S/C31H48O3S/c1-3-4-5-6-7-8-9-10-11-12-13-14-15-16-17-18-19-20-21-22-23-28-31(35(32,33)34)30-27-25-24-26-29(30)2/h24-27,31H,3-11,16-23,28H2,1-2H3,(H,32,33,34). The summed E-state index contributed by atoms with van der Waals surface area (Å²) >= 11 is 0. The highest BCUT2D eigenvalue weighted by Crippen LogP contribution is 2.30. The molecule has 1 rings (SSSR count). The Kier molecular flexibility index (Phi) is 18.3. The first kappa shape index (κ1) is 31.3. The zero-order chi connectivity index (χ0) is 25.6. The van der Waals surface area contributed by atoms with Gasteiger partial charge in [0.15, 0.2) is 0 Å². The fourth-order valence-corrected chi connectivity index (χ4v) is 5.45. The summed E-state index contributed by atoms with van der Waals surface area (Å²) in [4.78, 5) is 0. The molecule has 35 heavy (non-hydrogen) atoms. The Morgan fingerprint density at radius 1 is 0.714 bits per heavy atom. The number of unbranched alkanes of at least 4 members (excludes halogenated alkanes) is 15. The van der Waals surface area contributed by atoms with Crippen molar-refractivity contribution in [1.82, 2.24) is 0 Å². The van der Waals surface area contributed by atoms with Gasteiger partial charge >= 0.3 is 0 Å². The normalized spacial score (nSPS) is 11.9. The van der Waals surface area contributed by atoms with E-state index in [0.29, 0.717) is 12.0 Å². The highest BCUT2D eigenvalue weighted by atomic mass is 32.2. The van der Waals surface area contributed by atoms with Gasteiger partial charge in [0.05, 0.1) is 0 Å². The van der Waals surface area contributed by atoms with Gasteiger partial charge in [0.25, 0.3) is 10.1 Å². The van der Waals surface area contributed by atoms with Crippen LogP contribution >= 0.6 is 0 Å². The van der Waals surface area contributed by atoms with Crippen molar-refractivity contribution in [2.75, 3.05) is 0 Å². The molecule has 0 bridgehead atoms. The van der Waals surface area contributed by atoms with E-state index < -0.39 is 15.4 Å². The lowest BCUT2D eigenvalue weighted by Crippen LogP contribution is -2.13. The van der Waals surface area contributed by atoms with E-state index in [1.165, 1.54) is 64.2 Å². The third kappa shape index (κ3) is 16.5. The summed E-state index contributed by atoms with van der Waals surface area (Å²) in [5.41, 5.74) is 1.63. The first-order chi connectivity index (χ1) is 17.0. The van der Waals surface area contributed by atoms with Crippen molar-refractivity contribution < 1.29 is 13.0 Å². The summed E-state index contributed by atoms with van der Waals surface area (Å²) in [6.45, 7) is 4.15. The van der Waals surface area contributed by atoms with Crippen LogP contribution in [-0.2, 0) is 10.1 Å². The van der Waals surface area contributed by atoms with E-state index in [-0.39, 0.29) is 0 Å². The maximum absolute atomic E-state index is 11.9. The SMILES string of the molecule is CCCCCCCCCCC#CC#CCCCCCCCCCC(c1ccccc1C)S(=O)(=O)O. The van der Waals surface area contributed by atoms with Gasteiger partial charge in [-0.1, -0.05) is 127 Å². The van der Waals surface area contributed by atoms with Gasteiger partial charge in [-0.15, -0.1) is 0 Å². The number of hydrogen-bond acceptors (Lipinski definition) is 2. The average Bonchev–Trinajstić information content (AvgIpc) is 2.82. The molecule has 1 atom stereocenters. The van der Waals surface area contributed by atoms with Gasteiger partial charge < -0.3 is 0 Å². The van der Waals surface area contributed by atoms with Crippen molar-refractivity contribution in [3.05, 3.63) is 35.4 Å². The second kappa shape index (κ2) is 20.4. The molecule has 0 amide bonds. The van der Waals surface area contributed by atoms with Crippen molar-refractivity contribution >= 4 is 10.1 Å². The van der Waals surface area contributed by atoms with Crippen molar-refractivity contribution in [3.63, 3.8) is 0 Å². The predicted octanol–water partition coefficient (Wildman–Crippen LogP) is 8.97. The van der Waals surface area contributed by atoms with Crippen LogP contribution in [-0.4, -0.2) is 13.0 Å². The molecule has 1 aromatic carbocycles. The van der Waals surface area contributed by atoms with Gasteiger partial charge in [0.2, 0.25) is 0 Å². The van der Waals surface area contributed by atoms with Crippen molar-refractivity contribution in [3.8, 4) is 23.7 Å². The van der Waals surface area contributed by atoms with Crippen LogP contribution in [0.2, 0.25) is 0 Å². The third-order valence-electron chi connectivity index (χ3n) is 6.56. The molecule has 0 saturated heterocycles. The molecule has 1 aromatic rings. The van der Waals surface area contributed by atoms with Gasteiger partial charge in [-0.25, -0.2) is 0 Å². The van der Waals surface area contributed by atoms with E-state index in [9.17, 15) is 13.0 Å². The van der Waals surface area contributed by atoms with Gasteiger partial charge in [0, 0.05) is 12.8 Å². The minimum absolute atomic E-state index is 0.472. The maximum Gasteiger partial charge on any atom is 0.271 e. The molecule has 196 valence electrons. The van der Waals surface area contributed by atoms with Crippen LogP contribution in [0.15, 0.2) is 24.3 Å². The Balaban J connectivity index is 2.01. The molecule has 0 aliphatic rings. The largest absolute Gasteiger partial charge is 0.285 e. The van der Waals surface area contributed by atoms with Crippen LogP contribution in [0, 0.1) is 30.6 Å². The molecule has 0 spiro atoms. The highest BCUT2D eigenvalue weighted by Gasteiger charge is 2.25. The Labute approximate surface area is 216 Å². The summed E-state index contributed by atoms with van der Waals surface area (Å²) in [5, 5.41) is -0.814. The molecule has 0 aliphatic heterocycles. The Morgan fingerprint density at radius 3 is 1.66 bits per heavy atom. The molecule has 3 nitrogen and oxygen atoms in total. The third-order valence-corrected chi connectivity index (χ3v) is 7.77. The van der Waals surface area contributed by atoms with E-state index in [1.807, 2.05) is 25.1 Å². The average molecular weight is 501 g/mol. The topological polar surface area (TPSA) is 54.4 Å². The first-order valence-corrected chi connectivity index (χ1v) is 15.4. The number of rotatable bonds is 19.